The molecule has 0 aromatic rings. The summed E-state index contributed by atoms with van der Waals surface area (Å²) in [5.74, 6) is 15.7. The molecule has 0 aromatic carbocycles. The molecule has 0 amide bonds. The third-order valence-electron chi connectivity index (χ3n) is 1.25. The molecule has 0 aliphatic heterocycles. The third kappa shape index (κ3) is 9.40. The Kier molecular flexibility index (Phi) is 9.88. The molecule has 0 saturated carbocycles. The predicted molar refractivity (Wildman–Crippen MR) is 46.5 cm³/mol. The Balaban J connectivity index is 3.01. The molecule has 0 saturated heterocycles. The van der Waals surface area contributed by atoms with Crippen LogP contribution in [0.1, 0.15) is 25.7 Å². The first-order valence-corrected chi connectivity index (χ1v) is 4.01. The molecule has 0 aliphatic carbocycles. The van der Waals surface area contributed by atoms with E-state index < -0.39 is 0 Å². The minimum absolute atomic E-state index is 0.570. The molecule has 0 spiro atoms. The smallest absolute Gasteiger partial charge is 0.0688 e. The molecule has 0 radical (unpaired) electrons. The maximum Gasteiger partial charge on any atom is 0.0688 e. The normalized spacial score (nSPS) is 9.17. The summed E-state index contributed by atoms with van der Waals surface area (Å²) in [6, 6.07) is 0. The third-order valence-corrected chi connectivity index (χ3v) is 1.25. The van der Waals surface area contributed by atoms with Gasteiger partial charge in [0.05, 0.1) is 13.2 Å². The van der Waals surface area contributed by atoms with E-state index in [9.17, 15) is 0 Å². The maximum atomic E-state index is 4.83. The quantitative estimate of drug-likeness (QED) is 0.344. The van der Waals surface area contributed by atoms with Gasteiger partial charge in [-0.2, -0.15) is 0 Å². The SMILES string of the molecule is NOCCCC#CCCCON. The summed E-state index contributed by atoms with van der Waals surface area (Å²) in [5.41, 5.74) is 0. The topological polar surface area (TPSA) is 70.5 Å². The first kappa shape index (κ1) is 11.4. The molecule has 0 unspecified atom stereocenters. The van der Waals surface area contributed by atoms with E-state index in [0.717, 1.165) is 25.7 Å². The second kappa shape index (κ2) is 10.4. The van der Waals surface area contributed by atoms with Crippen LogP contribution < -0.4 is 11.8 Å². The van der Waals surface area contributed by atoms with E-state index in [1.165, 1.54) is 0 Å². The molecular weight excluding hydrogens is 156 g/mol. The fourth-order valence-corrected chi connectivity index (χ4v) is 0.665. The highest BCUT2D eigenvalue weighted by Gasteiger charge is 1.82. The summed E-state index contributed by atoms with van der Waals surface area (Å²) in [6.45, 7) is 1.14. The van der Waals surface area contributed by atoms with Crippen LogP contribution in [0.2, 0.25) is 0 Å². The Hall–Kier alpha value is -0.600. The summed E-state index contributed by atoms with van der Waals surface area (Å²) >= 11 is 0. The van der Waals surface area contributed by atoms with Crippen LogP contribution in [0.3, 0.4) is 0 Å². The largest absolute Gasteiger partial charge is 0.305 e. The van der Waals surface area contributed by atoms with Crippen LogP contribution in [-0.4, -0.2) is 13.2 Å². The highest BCUT2D eigenvalue weighted by molar-refractivity contribution is 4.98. The van der Waals surface area contributed by atoms with Crippen LogP contribution in [0, 0.1) is 11.8 Å². The Morgan fingerprint density at radius 2 is 1.25 bits per heavy atom. The zero-order chi connectivity index (χ0) is 9.07. The van der Waals surface area contributed by atoms with Gasteiger partial charge >= 0.3 is 0 Å². The van der Waals surface area contributed by atoms with Crippen molar-refractivity contribution in [2.24, 2.45) is 11.8 Å². The minimum atomic E-state index is 0.570. The summed E-state index contributed by atoms with van der Waals surface area (Å²) < 4.78 is 0. The van der Waals surface area contributed by atoms with Gasteiger partial charge in [-0.15, -0.1) is 11.8 Å². The van der Waals surface area contributed by atoms with Crippen LogP contribution in [0.4, 0.5) is 0 Å². The van der Waals surface area contributed by atoms with Gasteiger partial charge in [0.1, 0.15) is 0 Å². The Labute approximate surface area is 73.1 Å². The monoisotopic (exact) mass is 172 g/mol. The maximum absolute atomic E-state index is 4.83. The minimum Gasteiger partial charge on any atom is -0.305 e. The number of nitrogens with two attached hydrogens (primary N) is 2. The van der Waals surface area contributed by atoms with E-state index in [0.29, 0.717) is 13.2 Å². The van der Waals surface area contributed by atoms with Crippen molar-refractivity contribution in [2.45, 2.75) is 25.7 Å². The van der Waals surface area contributed by atoms with Crippen molar-refractivity contribution >= 4 is 0 Å². The van der Waals surface area contributed by atoms with Crippen molar-refractivity contribution in [2.75, 3.05) is 13.2 Å². The van der Waals surface area contributed by atoms with Gasteiger partial charge in [0, 0.05) is 12.8 Å². The Morgan fingerprint density at radius 1 is 0.833 bits per heavy atom. The van der Waals surface area contributed by atoms with Gasteiger partial charge in [0.15, 0.2) is 0 Å². The molecule has 0 rings (SSSR count). The van der Waals surface area contributed by atoms with Crippen molar-refractivity contribution in [3.63, 3.8) is 0 Å². The summed E-state index contributed by atoms with van der Waals surface area (Å²) in [6.07, 6.45) is 3.44. The zero-order valence-electron chi connectivity index (χ0n) is 7.21. The van der Waals surface area contributed by atoms with Crippen molar-refractivity contribution < 1.29 is 9.68 Å². The predicted octanol–water partition coefficient (Wildman–Crippen LogP) is 0.331. The van der Waals surface area contributed by atoms with Crippen molar-refractivity contribution in [3.8, 4) is 11.8 Å². The highest BCUT2D eigenvalue weighted by atomic mass is 16.6. The van der Waals surface area contributed by atoms with Crippen molar-refractivity contribution in [1.29, 1.82) is 0 Å². The lowest BCUT2D eigenvalue weighted by atomic mass is 10.3. The first-order chi connectivity index (χ1) is 5.91. The molecule has 4 heteroatoms. The summed E-state index contributed by atoms with van der Waals surface area (Å²) in [5, 5.41) is 0. The van der Waals surface area contributed by atoms with E-state index in [4.69, 9.17) is 11.8 Å². The number of hydrogen-bond donors (Lipinski definition) is 2. The zero-order valence-corrected chi connectivity index (χ0v) is 7.21. The number of rotatable bonds is 6. The molecule has 4 N–H and O–H groups in total. The average Bonchev–Trinajstić information content (AvgIpc) is 2.10. The van der Waals surface area contributed by atoms with E-state index in [-0.39, 0.29) is 0 Å². The number of hydrogen-bond acceptors (Lipinski definition) is 4. The van der Waals surface area contributed by atoms with Crippen LogP contribution in [0.5, 0.6) is 0 Å². The van der Waals surface area contributed by atoms with Gasteiger partial charge in [-0.3, -0.25) is 0 Å². The molecule has 4 nitrogen and oxygen atoms in total. The second-order valence-corrected chi connectivity index (χ2v) is 2.30. The van der Waals surface area contributed by atoms with Gasteiger partial charge < -0.3 is 9.68 Å². The first-order valence-electron chi connectivity index (χ1n) is 4.01. The molecule has 0 fully saturated rings. The molecule has 12 heavy (non-hydrogen) atoms. The summed E-state index contributed by atoms with van der Waals surface area (Å²) in [7, 11) is 0. The van der Waals surface area contributed by atoms with Crippen LogP contribution >= 0.6 is 0 Å². The van der Waals surface area contributed by atoms with E-state index in [1.54, 1.807) is 0 Å². The Bertz CT molecular complexity index is 126. The lowest BCUT2D eigenvalue weighted by Gasteiger charge is -1.91. The number of unbranched alkanes of at least 4 members (excludes halogenated alkanes) is 2. The van der Waals surface area contributed by atoms with Gasteiger partial charge in [0.2, 0.25) is 0 Å². The van der Waals surface area contributed by atoms with E-state index in [1.807, 2.05) is 0 Å². The lowest BCUT2D eigenvalue weighted by molar-refractivity contribution is 0.136. The van der Waals surface area contributed by atoms with Crippen molar-refractivity contribution in [3.05, 3.63) is 0 Å². The van der Waals surface area contributed by atoms with Gasteiger partial charge in [0.25, 0.3) is 0 Å². The Morgan fingerprint density at radius 3 is 1.58 bits per heavy atom. The van der Waals surface area contributed by atoms with E-state index >= 15 is 0 Å². The van der Waals surface area contributed by atoms with Crippen LogP contribution in [0.25, 0.3) is 0 Å². The summed E-state index contributed by atoms with van der Waals surface area (Å²) in [4.78, 5) is 8.77. The second-order valence-electron chi connectivity index (χ2n) is 2.30. The fraction of sp³-hybridized carbons (Fsp3) is 0.750. The fourth-order valence-electron chi connectivity index (χ4n) is 0.665. The molecule has 0 bridgehead atoms. The van der Waals surface area contributed by atoms with Gasteiger partial charge in [-0.05, 0) is 12.8 Å². The van der Waals surface area contributed by atoms with Crippen LogP contribution in [0.15, 0.2) is 0 Å². The van der Waals surface area contributed by atoms with E-state index in [2.05, 4.69) is 21.5 Å². The highest BCUT2D eigenvalue weighted by Crippen LogP contribution is 1.88. The van der Waals surface area contributed by atoms with Gasteiger partial charge in [-0.1, -0.05) is 0 Å². The lowest BCUT2D eigenvalue weighted by Crippen LogP contribution is -2.00. The molecule has 0 aromatic heterocycles. The molecule has 70 valence electrons. The van der Waals surface area contributed by atoms with Gasteiger partial charge in [-0.25, -0.2) is 11.8 Å². The van der Waals surface area contributed by atoms with Crippen LogP contribution in [-0.2, 0) is 9.68 Å². The molecular formula is C8H16N2O2. The molecule has 0 heterocycles. The molecule has 0 atom stereocenters. The molecule has 0 aliphatic rings. The standard InChI is InChI=1S/C8H16N2O2/c9-11-7-5-3-1-2-4-6-8-12-10/h3-10H2. The van der Waals surface area contributed by atoms with Crippen molar-refractivity contribution in [1.82, 2.24) is 0 Å². The average molecular weight is 172 g/mol.